The quantitative estimate of drug-likeness (QED) is 0.364. The zero-order valence-electron chi connectivity index (χ0n) is 13.4. The Morgan fingerprint density at radius 1 is 0.741 bits per heavy atom. The first-order valence-electron chi connectivity index (χ1n) is 7.68. The van der Waals surface area contributed by atoms with Crippen molar-refractivity contribution in [3.8, 4) is 22.4 Å². The maximum Gasteiger partial charge on any atom is 0.226 e. The van der Waals surface area contributed by atoms with Crippen molar-refractivity contribution in [1.82, 2.24) is 15.0 Å². The lowest BCUT2D eigenvalue weighted by Crippen LogP contribution is -2.04. The first-order valence-corrected chi connectivity index (χ1v) is 7.68. The molecule has 8 heteroatoms. The van der Waals surface area contributed by atoms with E-state index in [0.717, 1.165) is 0 Å². The summed E-state index contributed by atoms with van der Waals surface area (Å²) in [6.45, 7) is 0. The Hall–Kier alpha value is -3.42. The zero-order valence-corrected chi connectivity index (χ0v) is 13.4. The summed E-state index contributed by atoms with van der Waals surface area (Å²) in [6, 6.07) is 9.29. The summed E-state index contributed by atoms with van der Waals surface area (Å²) in [5.41, 5.74) is -2.09. The van der Waals surface area contributed by atoms with E-state index in [1.165, 1.54) is 6.20 Å². The smallest absolute Gasteiger partial charge is 0.226 e. The second-order valence-corrected chi connectivity index (χ2v) is 5.63. The highest BCUT2D eigenvalue weighted by atomic mass is 19.2. The van der Waals surface area contributed by atoms with Crippen LogP contribution in [-0.2, 0) is 0 Å². The molecule has 0 saturated carbocycles. The minimum absolute atomic E-state index is 0.265. The van der Waals surface area contributed by atoms with Crippen LogP contribution in [0.2, 0.25) is 0 Å². The van der Waals surface area contributed by atoms with Gasteiger partial charge in [0.05, 0.1) is 23.0 Å². The van der Waals surface area contributed by atoms with E-state index in [2.05, 4.69) is 15.0 Å². The van der Waals surface area contributed by atoms with Crippen LogP contribution in [-0.4, -0.2) is 15.0 Å². The van der Waals surface area contributed by atoms with E-state index < -0.39 is 45.9 Å². The summed E-state index contributed by atoms with van der Waals surface area (Å²) < 4.78 is 70.4. The van der Waals surface area contributed by atoms with Crippen LogP contribution >= 0.6 is 0 Å². The lowest BCUT2D eigenvalue weighted by atomic mass is 10.0. The van der Waals surface area contributed by atoms with E-state index in [0.29, 0.717) is 17.7 Å². The monoisotopic (exact) mass is 373 g/mol. The SMILES string of the molecule is Fc1cc(F)c(-c2c(F)nc3ncc(-c4ccccc4)nc3c2F)c(F)c1. The molecule has 0 bridgehead atoms. The van der Waals surface area contributed by atoms with Crippen molar-refractivity contribution < 1.29 is 22.0 Å². The third kappa shape index (κ3) is 2.88. The predicted molar refractivity (Wildman–Crippen MR) is 88.0 cm³/mol. The standard InChI is InChI=1S/C19H8F5N3/c20-10-6-11(21)14(12(22)7-10)15-16(23)17-19(27-18(15)24)25-8-13(26-17)9-4-2-1-3-5-9/h1-8H. The molecule has 27 heavy (non-hydrogen) atoms. The number of rotatable bonds is 2. The van der Waals surface area contributed by atoms with E-state index in [4.69, 9.17) is 0 Å². The van der Waals surface area contributed by atoms with Crippen molar-refractivity contribution in [3.63, 3.8) is 0 Å². The highest BCUT2D eigenvalue weighted by molar-refractivity contribution is 5.81. The fraction of sp³-hybridized carbons (Fsp3) is 0. The zero-order chi connectivity index (χ0) is 19.1. The molecule has 2 aromatic carbocycles. The number of hydrogen-bond acceptors (Lipinski definition) is 3. The third-order valence-corrected chi connectivity index (χ3v) is 3.92. The molecule has 0 unspecified atom stereocenters. The van der Waals surface area contributed by atoms with Crippen LogP contribution in [0, 0.1) is 29.2 Å². The molecule has 2 heterocycles. The molecule has 2 aromatic heterocycles. The molecule has 134 valence electrons. The maximum atomic E-state index is 15.0. The average molecular weight is 373 g/mol. The fourth-order valence-corrected chi connectivity index (χ4v) is 2.71. The molecular weight excluding hydrogens is 365 g/mol. The van der Waals surface area contributed by atoms with Gasteiger partial charge >= 0.3 is 0 Å². The van der Waals surface area contributed by atoms with Gasteiger partial charge in [-0.25, -0.2) is 27.5 Å². The molecule has 0 aliphatic carbocycles. The summed E-state index contributed by atoms with van der Waals surface area (Å²) in [5, 5.41) is 0. The number of pyridine rings is 1. The van der Waals surface area contributed by atoms with Gasteiger partial charge in [0.2, 0.25) is 5.95 Å². The van der Waals surface area contributed by atoms with Gasteiger partial charge in [0, 0.05) is 17.7 Å². The van der Waals surface area contributed by atoms with E-state index in [9.17, 15) is 22.0 Å². The molecule has 0 aliphatic rings. The number of halogens is 5. The highest BCUT2D eigenvalue weighted by Gasteiger charge is 2.25. The second kappa shape index (κ2) is 6.39. The lowest BCUT2D eigenvalue weighted by molar-refractivity contribution is 0.533. The van der Waals surface area contributed by atoms with Gasteiger partial charge in [-0.1, -0.05) is 30.3 Å². The molecule has 0 aliphatic heterocycles. The number of hydrogen-bond donors (Lipinski definition) is 0. The summed E-state index contributed by atoms with van der Waals surface area (Å²) in [5.74, 6) is -6.95. The van der Waals surface area contributed by atoms with Gasteiger partial charge in [-0.05, 0) is 0 Å². The second-order valence-electron chi connectivity index (χ2n) is 5.63. The molecule has 0 saturated heterocycles. The van der Waals surface area contributed by atoms with Gasteiger partial charge < -0.3 is 0 Å². The molecule has 0 fully saturated rings. The molecule has 4 aromatic rings. The number of benzene rings is 2. The molecule has 0 atom stereocenters. The number of nitrogens with zero attached hydrogens (tertiary/aromatic N) is 3. The fourth-order valence-electron chi connectivity index (χ4n) is 2.71. The maximum absolute atomic E-state index is 15.0. The molecule has 0 spiro atoms. The Bertz CT molecular complexity index is 1160. The highest BCUT2D eigenvalue weighted by Crippen LogP contribution is 2.33. The van der Waals surface area contributed by atoms with Gasteiger partial charge in [-0.2, -0.15) is 9.37 Å². The van der Waals surface area contributed by atoms with E-state index in [1.54, 1.807) is 30.3 Å². The normalized spacial score (nSPS) is 11.1. The van der Waals surface area contributed by atoms with Crippen LogP contribution in [0.3, 0.4) is 0 Å². The van der Waals surface area contributed by atoms with Crippen LogP contribution in [0.5, 0.6) is 0 Å². The first kappa shape index (κ1) is 17.0. The van der Waals surface area contributed by atoms with Crippen molar-refractivity contribution >= 4 is 11.2 Å². The minimum atomic E-state index is -1.48. The Morgan fingerprint density at radius 2 is 1.41 bits per heavy atom. The van der Waals surface area contributed by atoms with Crippen LogP contribution < -0.4 is 0 Å². The van der Waals surface area contributed by atoms with Crippen LogP contribution in [0.25, 0.3) is 33.5 Å². The van der Waals surface area contributed by atoms with Gasteiger partial charge in [0.25, 0.3) is 0 Å². The Kier molecular flexibility index (Phi) is 4.02. The van der Waals surface area contributed by atoms with E-state index in [1.807, 2.05) is 0 Å². The summed E-state index contributed by atoms with van der Waals surface area (Å²) >= 11 is 0. The van der Waals surface area contributed by atoms with Crippen LogP contribution in [0.15, 0.2) is 48.7 Å². The Morgan fingerprint density at radius 3 is 2.07 bits per heavy atom. The summed E-state index contributed by atoms with van der Waals surface area (Å²) in [4.78, 5) is 11.4. The predicted octanol–water partition coefficient (Wildman–Crippen LogP) is 5.05. The number of aromatic nitrogens is 3. The van der Waals surface area contributed by atoms with Crippen LogP contribution in [0.4, 0.5) is 22.0 Å². The van der Waals surface area contributed by atoms with Crippen molar-refractivity contribution in [2.24, 2.45) is 0 Å². The molecule has 0 amide bonds. The van der Waals surface area contributed by atoms with Gasteiger partial charge in [-0.15, -0.1) is 0 Å². The van der Waals surface area contributed by atoms with Crippen molar-refractivity contribution in [1.29, 1.82) is 0 Å². The first-order chi connectivity index (χ1) is 13.0. The van der Waals surface area contributed by atoms with E-state index in [-0.39, 0.29) is 11.3 Å². The molecule has 3 nitrogen and oxygen atoms in total. The van der Waals surface area contributed by atoms with Gasteiger partial charge in [-0.3, -0.25) is 0 Å². The third-order valence-electron chi connectivity index (χ3n) is 3.92. The lowest BCUT2D eigenvalue weighted by Gasteiger charge is -2.10. The van der Waals surface area contributed by atoms with Gasteiger partial charge in [0.15, 0.2) is 11.5 Å². The van der Waals surface area contributed by atoms with Gasteiger partial charge in [0.1, 0.15) is 23.0 Å². The summed E-state index contributed by atoms with van der Waals surface area (Å²) in [7, 11) is 0. The topological polar surface area (TPSA) is 38.7 Å². The molecule has 0 N–H and O–H groups in total. The van der Waals surface area contributed by atoms with E-state index >= 15 is 0 Å². The van der Waals surface area contributed by atoms with Crippen molar-refractivity contribution in [2.75, 3.05) is 0 Å². The summed E-state index contributed by atoms with van der Waals surface area (Å²) in [6.07, 6.45) is 1.28. The largest absolute Gasteiger partial charge is 0.240 e. The van der Waals surface area contributed by atoms with Crippen LogP contribution in [0.1, 0.15) is 0 Å². The molecule has 0 radical (unpaired) electrons. The molecule has 4 rings (SSSR count). The number of fused-ring (bicyclic) bond motifs is 1. The molecular formula is C19H8F5N3. The Balaban J connectivity index is 2.00. The van der Waals surface area contributed by atoms with Crippen molar-refractivity contribution in [2.45, 2.75) is 0 Å². The van der Waals surface area contributed by atoms with Crippen molar-refractivity contribution in [3.05, 3.63) is 77.9 Å². The average Bonchev–Trinajstić information content (AvgIpc) is 2.64. The Labute approximate surface area is 149 Å². The minimum Gasteiger partial charge on any atom is -0.240 e.